The smallest absolute Gasteiger partial charge is 0.259 e. The summed E-state index contributed by atoms with van der Waals surface area (Å²) in [5.74, 6) is -1.90. The Hall–Kier alpha value is -3.74. The van der Waals surface area contributed by atoms with Gasteiger partial charge < -0.3 is 58.9 Å². The Balaban J connectivity index is 1.42. The first kappa shape index (κ1) is 34.4. The molecule has 270 valence electrons. The molecule has 8 rings (SSSR count). The number of methoxy groups -OCH3 is 1. The number of nitrogens with one attached hydrogen (secondary N) is 2. The number of fused-ring (bicyclic) bond motifs is 10. The highest BCUT2D eigenvalue weighted by atomic mass is 35.5. The predicted octanol–water partition coefficient (Wildman–Crippen LogP) is 2.37. The monoisotopic (exact) mass is 744 g/mol. The number of rotatable bonds is 6. The summed E-state index contributed by atoms with van der Waals surface area (Å²) in [6.45, 7) is -0.400. The number of halogens is 2. The summed E-state index contributed by atoms with van der Waals surface area (Å²) in [6.07, 6.45) is -8.32. The fourth-order valence-electron chi connectivity index (χ4n) is 7.82. The summed E-state index contributed by atoms with van der Waals surface area (Å²) >= 11 is 13.6. The summed E-state index contributed by atoms with van der Waals surface area (Å²) in [7, 11) is 4.96. The van der Waals surface area contributed by atoms with E-state index in [1.165, 1.54) is 17.7 Å². The Morgan fingerprint density at radius 2 is 1.75 bits per heavy atom. The van der Waals surface area contributed by atoms with Gasteiger partial charge in [0.25, 0.3) is 11.8 Å². The molecule has 0 bridgehead atoms. The number of aromatic amines is 1. The summed E-state index contributed by atoms with van der Waals surface area (Å²) in [5, 5.41) is 58.5. The number of H-pyrrole nitrogens is 1. The molecular formula is C34H34Cl2N4O11. The van der Waals surface area contributed by atoms with Gasteiger partial charge in [-0.2, -0.15) is 0 Å². The summed E-state index contributed by atoms with van der Waals surface area (Å²) < 4.78 is 25.0. The Bertz CT molecular complexity index is 2270. The van der Waals surface area contributed by atoms with Crippen molar-refractivity contribution in [3.63, 3.8) is 0 Å². The number of aliphatic hydroxyl groups is 4. The number of benzene rings is 3. The lowest BCUT2D eigenvalue weighted by atomic mass is 9.96. The lowest BCUT2D eigenvalue weighted by Crippen LogP contribution is -2.57. The van der Waals surface area contributed by atoms with Crippen molar-refractivity contribution in [3.8, 4) is 11.5 Å². The molecule has 17 heteroatoms. The Morgan fingerprint density at radius 3 is 2.41 bits per heavy atom. The topological polar surface area (TPSA) is 208 Å². The van der Waals surface area contributed by atoms with Crippen LogP contribution in [0.5, 0.6) is 11.5 Å². The molecule has 0 spiro atoms. The number of aromatic nitrogens is 2. The molecule has 2 aromatic heterocycles. The van der Waals surface area contributed by atoms with Gasteiger partial charge in [-0.05, 0) is 26.2 Å². The molecule has 0 radical (unpaired) electrons. The van der Waals surface area contributed by atoms with Crippen LogP contribution in [-0.2, 0) is 14.2 Å². The van der Waals surface area contributed by atoms with Crippen molar-refractivity contribution >= 4 is 78.6 Å². The fraction of sp³-hybridized carbons (Fsp3) is 0.412. The molecule has 0 saturated carbocycles. The number of aliphatic hydroxyl groups excluding tert-OH is 4. The van der Waals surface area contributed by atoms with Crippen LogP contribution in [0.3, 0.4) is 0 Å². The third kappa shape index (κ3) is 4.95. The van der Waals surface area contributed by atoms with E-state index in [0.29, 0.717) is 21.7 Å². The van der Waals surface area contributed by atoms with Crippen LogP contribution in [0.25, 0.3) is 43.6 Å². The van der Waals surface area contributed by atoms with Gasteiger partial charge in [-0.3, -0.25) is 14.9 Å². The Labute approximate surface area is 298 Å². The van der Waals surface area contributed by atoms with Crippen molar-refractivity contribution in [1.82, 2.24) is 19.8 Å². The highest BCUT2D eigenvalue weighted by Gasteiger charge is 2.47. The van der Waals surface area contributed by atoms with Crippen molar-refractivity contribution in [3.05, 3.63) is 45.4 Å². The van der Waals surface area contributed by atoms with Gasteiger partial charge in [-0.25, -0.2) is 0 Å². The van der Waals surface area contributed by atoms with E-state index in [1.54, 1.807) is 18.2 Å². The van der Waals surface area contributed by atoms with Crippen molar-refractivity contribution < 1.29 is 54.1 Å². The van der Waals surface area contributed by atoms with E-state index in [2.05, 4.69) is 10.3 Å². The van der Waals surface area contributed by atoms with Gasteiger partial charge >= 0.3 is 0 Å². The van der Waals surface area contributed by atoms with Gasteiger partial charge in [0.1, 0.15) is 29.4 Å². The molecule has 2 amide bonds. The van der Waals surface area contributed by atoms with Crippen LogP contribution in [0, 0.1) is 0 Å². The molecular weight excluding hydrogens is 711 g/mol. The van der Waals surface area contributed by atoms with Crippen molar-refractivity contribution in [2.45, 2.75) is 55.5 Å². The standard InChI is InChI=1S/C34H34Cl2N4O11/c1-39(2)14-10-49-18(8-15(14)42)50-16-7-12-19-21-22(33(47)38-32(21)46)20-11-5-4-6-13(35)26(11)40(27(20)25(19)37-24(12)23(36)28(16)43)34-30(45)29(44)31(48-3)17(9-41)51-34/h4-7,14-15,17-18,29-31,34,37,41-45H,8-10H2,1-3H3,(H,38,46,47)/t14-,15+,17+,18+,29+,30+,31-,34+/m0/s1. The minimum atomic E-state index is -1.62. The van der Waals surface area contributed by atoms with E-state index in [-0.39, 0.29) is 67.9 Å². The van der Waals surface area contributed by atoms with Gasteiger partial charge in [-0.15, -0.1) is 0 Å². The molecule has 51 heavy (non-hydrogen) atoms. The zero-order valence-corrected chi connectivity index (χ0v) is 28.9. The number of ether oxygens (including phenoxy) is 4. The summed E-state index contributed by atoms with van der Waals surface area (Å²) in [4.78, 5) is 32.4. The molecule has 3 aromatic carbocycles. The molecule has 15 nitrogen and oxygen atoms in total. The third-order valence-electron chi connectivity index (χ3n) is 10.2. The van der Waals surface area contributed by atoms with Crippen molar-refractivity contribution in [2.75, 3.05) is 34.4 Å². The lowest BCUT2D eigenvalue weighted by molar-refractivity contribution is -0.255. The average molecular weight is 746 g/mol. The van der Waals surface area contributed by atoms with Crippen LogP contribution >= 0.6 is 23.2 Å². The quantitative estimate of drug-likeness (QED) is 0.125. The van der Waals surface area contributed by atoms with E-state index in [4.69, 9.17) is 42.1 Å². The number of carbonyl (C=O) groups excluding carboxylic acids is 2. The minimum Gasteiger partial charge on any atom is -0.503 e. The molecule has 2 fully saturated rings. The predicted molar refractivity (Wildman–Crippen MR) is 185 cm³/mol. The van der Waals surface area contributed by atoms with E-state index in [1.807, 2.05) is 19.0 Å². The second kappa shape index (κ2) is 12.4. The van der Waals surface area contributed by atoms with E-state index < -0.39 is 67.2 Å². The third-order valence-corrected chi connectivity index (χ3v) is 10.9. The SMILES string of the molecule is CO[C@@H]1[C@H](O)[C@@H](O)[C@H](n2c3c(Cl)cccc3c3c4c(c5c6cc(O[C@@H]7C[C@@H](O)[C@@H](N(C)C)CO7)c(O)c(Cl)c6[nH]c5c32)C(=O)NC4=O)O[C@@H]1CO. The fourth-order valence-corrected chi connectivity index (χ4v) is 8.33. The second-order valence-electron chi connectivity index (χ2n) is 13.2. The van der Waals surface area contributed by atoms with Gasteiger partial charge in [-0.1, -0.05) is 35.3 Å². The highest BCUT2D eigenvalue weighted by molar-refractivity contribution is 6.44. The number of imide groups is 1. The first-order valence-electron chi connectivity index (χ1n) is 16.2. The molecule has 5 aromatic rings. The van der Waals surface area contributed by atoms with Crippen LogP contribution in [0.4, 0.5) is 0 Å². The largest absolute Gasteiger partial charge is 0.503 e. The first-order valence-corrected chi connectivity index (χ1v) is 16.9. The van der Waals surface area contributed by atoms with E-state index >= 15 is 0 Å². The zero-order valence-electron chi connectivity index (χ0n) is 27.4. The zero-order chi connectivity index (χ0) is 36.2. The molecule has 5 heterocycles. The Kier molecular flexibility index (Phi) is 8.38. The van der Waals surface area contributed by atoms with Gasteiger partial charge in [0.2, 0.25) is 6.29 Å². The van der Waals surface area contributed by atoms with Gasteiger partial charge in [0, 0.05) is 35.1 Å². The Morgan fingerprint density at radius 1 is 1.02 bits per heavy atom. The first-order chi connectivity index (χ1) is 24.4. The molecule has 7 N–H and O–H groups in total. The second-order valence-corrected chi connectivity index (χ2v) is 14.0. The van der Waals surface area contributed by atoms with Crippen LogP contribution in [0.1, 0.15) is 33.4 Å². The molecule has 3 aliphatic heterocycles. The number of phenols is 1. The number of amides is 2. The number of hydrogen-bond donors (Lipinski definition) is 7. The number of phenolic OH excluding ortho intramolecular Hbond substituents is 1. The van der Waals surface area contributed by atoms with Crippen LogP contribution in [0.15, 0.2) is 24.3 Å². The number of hydrogen-bond acceptors (Lipinski definition) is 12. The lowest BCUT2D eigenvalue weighted by Gasteiger charge is -2.42. The minimum absolute atomic E-state index is 0.0221. The van der Waals surface area contributed by atoms with Gasteiger partial charge in [0.15, 0.2) is 17.7 Å². The van der Waals surface area contributed by atoms with E-state index in [0.717, 1.165) is 0 Å². The van der Waals surface area contributed by atoms with Crippen molar-refractivity contribution in [2.24, 2.45) is 0 Å². The normalized spacial score (nSPS) is 28.4. The molecule has 0 aliphatic carbocycles. The number of likely N-dealkylation sites (N-methyl/N-ethyl adjacent to an activating group) is 1. The molecule has 3 aliphatic rings. The van der Waals surface area contributed by atoms with Crippen LogP contribution < -0.4 is 10.1 Å². The van der Waals surface area contributed by atoms with Crippen LogP contribution in [-0.4, -0.2) is 129 Å². The number of aromatic hydroxyl groups is 1. The molecule has 0 unspecified atom stereocenters. The summed E-state index contributed by atoms with van der Waals surface area (Å²) in [5.41, 5.74) is 1.05. The van der Waals surface area contributed by atoms with E-state index in [9.17, 15) is 35.1 Å². The highest BCUT2D eigenvalue weighted by Crippen LogP contribution is 2.50. The summed E-state index contributed by atoms with van der Waals surface area (Å²) in [6, 6.07) is 6.16. The average Bonchev–Trinajstić information content (AvgIpc) is 3.73. The number of nitrogens with zero attached hydrogens (tertiary/aromatic N) is 2. The maximum absolute atomic E-state index is 13.7. The van der Waals surface area contributed by atoms with Gasteiger partial charge in [0.05, 0.1) is 63.6 Å². The van der Waals surface area contributed by atoms with Crippen molar-refractivity contribution in [1.29, 1.82) is 0 Å². The maximum Gasteiger partial charge on any atom is 0.259 e. The number of para-hydroxylation sites is 1. The van der Waals surface area contributed by atoms with Crippen LogP contribution in [0.2, 0.25) is 10.0 Å². The molecule has 8 atom stereocenters. The molecule has 2 saturated heterocycles. The maximum atomic E-state index is 13.7. The number of carbonyl (C=O) groups is 2.